The maximum absolute atomic E-state index is 10.4. The van der Waals surface area contributed by atoms with Crippen molar-refractivity contribution >= 4 is 34.5 Å². The van der Waals surface area contributed by atoms with Crippen LogP contribution in [-0.2, 0) is 14.7 Å². The third-order valence-corrected chi connectivity index (χ3v) is 10.6. The Kier molecular flexibility index (Phi) is 4.98. The molecule has 1 saturated heterocycles. The smallest absolute Gasteiger partial charge is 0.456 e. The second kappa shape index (κ2) is 8.52. The molecule has 1 aliphatic heterocycles. The first-order valence-electron chi connectivity index (χ1n) is 15.2. The van der Waals surface area contributed by atoms with Crippen LogP contribution in [0.15, 0.2) is 95.4 Å². The molecule has 1 spiro atoms. The summed E-state index contributed by atoms with van der Waals surface area (Å²) in [5.41, 5.74) is 10.7. The topological polar surface area (TPSA) is 79.2 Å². The Hall–Kier alpha value is -5.14. The van der Waals surface area contributed by atoms with E-state index in [1.54, 1.807) is 0 Å². The van der Waals surface area contributed by atoms with E-state index in [0.29, 0.717) is 22.2 Å². The predicted octanol–water partition coefficient (Wildman–Crippen LogP) is 7.97. The lowest BCUT2D eigenvalue weighted by molar-refractivity contribution is 0.00578. The van der Waals surface area contributed by atoms with Crippen molar-refractivity contribution < 1.29 is 13.7 Å². The highest BCUT2D eigenvalue weighted by Gasteiger charge is 2.54. The van der Waals surface area contributed by atoms with Crippen molar-refractivity contribution in [2.75, 3.05) is 0 Å². The fourth-order valence-corrected chi connectivity index (χ4v) is 7.89. The minimum Gasteiger partial charge on any atom is -0.456 e. The van der Waals surface area contributed by atoms with Crippen molar-refractivity contribution in [2.45, 2.75) is 44.3 Å². The van der Waals surface area contributed by atoms with Gasteiger partial charge in [0.1, 0.15) is 11.2 Å². The summed E-state index contributed by atoms with van der Waals surface area (Å²) in [6, 6.07) is 36.1. The molecule has 0 atom stereocenters. The van der Waals surface area contributed by atoms with E-state index in [-0.39, 0.29) is 0 Å². The van der Waals surface area contributed by atoms with Gasteiger partial charge >= 0.3 is 7.12 Å². The Morgan fingerprint density at radius 3 is 1.93 bits per heavy atom. The number of hydrogen-bond acceptors (Lipinski definition) is 5. The van der Waals surface area contributed by atoms with Gasteiger partial charge in [0.05, 0.1) is 39.9 Å². The molecule has 5 aromatic carbocycles. The average Bonchev–Trinajstić information content (AvgIpc) is 3.72. The summed E-state index contributed by atoms with van der Waals surface area (Å²) in [6.45, 7) is 8.03. The fourth-order valence-electron chi connectivity index (χ4n) is 7.89. The lowest BCUT2D eigenvalue weighted by Crippen LogP contribution is -2.41. The molecular formula is C39H27BN2O3. The number of rotatable bonds is 1. The molecule has 9 rings (SSSR count). The highest BCUT2D eigenvalue weighted by molar-refractivity contribution is 6.63. The van der Waals surface area contributed by atoms with E-state index in [1.165, 1.54) is 22.3 Å². The van der Waals surface area contributed by atoms with Crippen molar-refractivity contribution in [1.82, 2.24) is 0 Å². The maximum Gasteiger partial charge on any atom is 0.496 e. The van der Waals surface area contributed by atoms with E-state index >= 15 is 0 Å². The Balaban J connectivity index is 1.38. The molecule has 0 amide bonds. The molecule has 1 aromatic heterocycles. The van der Waals surface area contributed by atoms with Gasteiger partial charge in [0.25, 0.3) is 0 Å². The Labute approximate surface area is 261 Å². The molecule has 0 radical (unpaired) electrons. The summed E-state index contributed by atoms with van der Waals surface area (Å²) in [5, 5.41) is 22.2. The van der Waals surface area contributed by atoms with Crippen LogP contribution in [0.3, 0.4) is 0 Å². The largest absolute Gasteiger partial charge is 0.496 e. The normalized spacial score (nSPS) is 17.6. The third kappa shape index (κ3) is 3.13. The van der Waals surface area contributed by atoms with Crippen LogP contribution in [0.4, 0.5) is 0 Å². The second-order valence-corrected chi connectivity index (χ2v) is 13.3. The van der Waals surface area contributed by atoms with Crippen LogP contribution < -0.4 is 5.46 Å². The molecule has 45 heavy (non-hydrogen) atoms. The molecule has 2 aliphatic carbocycles. The standard InChI is InChI=1S/C39H27BN2O3/c1-37(2)38(3,4)45-40(44-37)32-19-34-27(18-23(32)21-42)36-33(43-34)16-15-30-35(36)26-14-13-22(20-41)17-31(26)39(30)28-11-7-5-9-24(28)25-10-6-8-12-29(25)39/h5-19H,1-4H3. The first-order valence-corrected chi connectivity index (χ1v) is 15.2. The summed E-state index contributed by atoms with van der Waals surface area (Å²) in [4.78, 5) is 0. The summed E-state index contributed by atoms with van der Waals surface area (Å²) >= 11 is 0. The summed E-state index contributed by atoms with van der Waals surface area (Å²) < 4.78 is 19.3. The third-order valence-electron chi connectivity index (χ3n) is 10.6. The Morgan fingerprint density at radius 1 is 0.622 bits per heavy atom. The van der Waals surface area contributed by atoms with Gasteiger partial charge in [-0.3, -0.25) is 0 Å². The molecule has 0 unspecified atom stereocenters. The fraction of sp³-hybridized carbons (Fsp3) is 0.179. The van der Waals surface area contributed by atoms with Gasteiger partial charge in [0.15, 0.2) is 0 Å². The average molecular weight is 582 g/mol. The second-order valence-electron chi connectivity index (χ2n) is 13.3. The van der Waals surface area contributed by atoms with Gasteiger partial charge in [-0.05, 0) is 103 Å². The number of fused-ring (bicyclic) bond motifs is 14. The predicted molar refractivity (Wildman–Crippen MR) is 175 cm³/mol. The van der Waals surface area contributed by atoms with Gasteiger partial charge in [0, 0.05) is 16.2 Å². The van der Waals surface area contributed by atoms with Gasteiger partial charge in [-0.25, -0.2) is 0 Å². The van der Waals surface area contributed by atoms with Crippen molar-refractivity contribution in [3.05, 3.63) is 124 Å². The van der Waals surface area contributed by atoms with Crippen LogP contribution in [0.1, 0.15) is 61.1 Å². The number of furan rings is 1. The molecule has 3 aliphatic rings. The highest BCUT2D eigenvalue weighted by Crippen LogP contribution is 2.64. The first kappa shape index (κ1) is 26.3. The van der Waals surface area contributed by atoms with Crippen LogP contribution in [0.2, 0.25) is 0 Å². The number of nitrogens with zero attached hydrogens (tertiary/aromatic N) is 2. The van der Waals surface area contributed by atoms with Crippen LogP contribution in [0.5, 0.6) is 0 Å². The Bertz CT molecular complexity index is 2330. The highest BCUT2D eigenvalue weighted by atomic mass is 16.7. The van der Waals surface area contributed by atoms with Crippen molar-refractivity contribution in [1.29, 1.82) is 10.5 Å². The van der Waals surface area contributed by atoms with Crippen LogP contribution in [0, 0.1) is 22.7 Å². The summed E-state index contributed by atoms with van der Waals surface area (Å²) in [6.07, 6.45) is 0. The van der Waals surface area contributed by atoms with Crippen LogP contribution >= 0.6 is 0 Å². The van der Waals surface area contributed by atoms with Crippen LogP contribution in [0.25, 0.3) is 44.2 Å². The zero-order valence-corrected chi connectivity index (χ0v) is 25.4. The van der Waals surface area contributed by atoms with E-state index in [4.69, 9.17) is 13.7 Å². The van der Waals surface area contributed by atoms with Crippen LogP contribution in [-0.4, -0.2) is 18.3 Å². The van der Waals surface area contributed by atoms with E-state index in [0.717, 1.165) is 38.6 Å². The zero-order valence-electron chi connectivity index (χ0n) is 25.4. The van der Waals surface area contributed by atoms with E-state index in [2.05, 4.69) is 84.9 Å². The molecule has 5 nitrogen and oxygen atoms in total. The van der Waals surface area contributed by atoms with E-state index in [9.17, 15) is 10.5 Å². The lowest BCUT2D eigenvalue weighted by atomic mass is 9.70. The maximum atomic E-state index is 10.4. The monoisotopic (exact) mass is 582 g/mol. The van der Waals surface area contributed by atoms with E-state index in [1.807, 2.05) is 45.9 Å². The zero-order chi connectivity index (χ0) is 30.9. The molecule has 2 heterocycles. The minimum atomic E-state index is -0.687. The van der Waals surface area contributed by atoms with Gasteiger partial charge in [-0.15, -0.1) is 0 Å². The molecule has 0 saturated carbocycles. The summed E-state index contributed by atoms with van der Waals surface area (Å²) in [7, 11) is -0.687. The van der Waals surface area contributed by atoms with Gasteiger partial charge in [0.2, 0.25) is 0 Å². The quantitative estimate of drug-likeness (QED) is 0.184. The SMILES string of the molecule is CC1(C)OB(c2cc3oc4ccc5c(c4c3cc2C#N)-c2ccc(C#N)cc2C52c3ccccc3-c3ccccc32)OC1(C)C. The molecule has 214 valence electrons. The van der Waals surface area contributed by atoms with Crippen molar-refractivity contribution in [3.8, 4) is 34.4 Å². The summed E-state index contributed by atoms with van der Waals surface area (Å²) in [5.74, 6) is 0. The lowest BCUT2D eigenvalue weighted by Gasteiger charge is -2.32. The Morgan fingerprint density at radius 2 is 1.29 bits per heavy atom. The minimum absolute atomic E-state index is 0.491. The van der Waals surface area contributed by atoms with Crippen molar-refractivity contribution in [2.24, 2.45) is 0 Å². The molecule has 0 bridgehead atoms. The van der Waals surface area contributed by atoms with Crippen molar-refractivity contribution in [3.63, 3.8) is 0 Å². The van der Waals surface area contributed by atoms with E-state index < -0.39 is 23.7 Å². The molecule has 1 fully saturated rings. The van der Waals surface area contributed by atoms with Gasteiger partial charge in [-0.1, -0.05) is 60.7 Å². The number of benzene rings is 5. The number of hydrogen-bond donors (Lipinski definition) is 0. The molecular weight excluding hydrogens is 555 g/mol. The molecule has 6 heteroatoms. The number of nitriles is 2. The van der Waals surface area contributed by atoms with Gasteiger partial charge < -0.3 is 13.7 Å². The molecule has 0 N–H and O–H groups in total. The molecule has 6 aromatic rings. The van der Waals surface area contributed by atoms with Gasteiger partial charge in [-0.2, -0.15) is 10.5 Å². The first-order chi connectivity index (χ1) is 21.7.